The van der Waals surface area contributed by atoms with Crippen molar-refractivity contribution in [2.45, 2.75) is 31.7 Å². The fourth-order valence-electron chi connectivity index (χ4n) is 5.07. The lowest BCUT2D eigenvalue weighted by Crippen LogP contribution is -2.32. The van der Waals surface area contributed by atoms with E-state index in [1.807, 2.05) is 11.0 Å². The maximum atomic E-state index is 13.6. The van der Waals surface area contributed by atoms with Gasteiger partial charge in [-0.25, -0.2) is 0 Å². The Morgan fingerprint density at radius 3 is 2.29 bits per heavy atom. The first-order valence-corrected chi connectivity index (χ1v) is 12.3. The summed E-state index contributed by atoms with van der Waals surface area (Å²) in [5.41, 5.74) is 3.90. The summed E-state index contributed by atoms with van der Waals surface area (Å²) in [5.74, 6) is -0.294. The Kier molecular flexibility index (Phi) is 6.66. The van der Waals surface area contributed by atoms with Crippen LogP contribution in [0.1, 0.15) is 58.0 Å². The molecule has 0 aliphatic carbocycles. The van der Waals surface area contributed by atoms with Crippen LogP contribution in [-0.4, -0.2) is 36.3 Å². The number of anilines is 2. The molecule has 0 spiro atoms. The summed E-state index contributed by atoms with van der Waals surface area (Å²) in [6.45, 7) is 2.97. The molecular weight excluding hydrogens is 446 g/mol. The van der Waals surface area contributed by atoms with Crippen LogP contribution in [0.2, 0.25) is 5.02 Å². The van der Waals surface area contributed by atoms with Crippen molar-refractivity contribution in [3.63, 3.8) is 0 Å². The molecule has 1 unspecified atom stereocenters. The molecule has 3 aromatic carbocycles. The summed E-state index contributed by atoms with van der Waals surface area (Å²) < 4.78 is 0. The Bertz CT molecular complexity index is 1190. The fourth-order valence-corrected chi connectivity index (χ4v) is 5.29. The Morgan fingerprint density at radius 1 is 0.824 bits per heavy atom. The maximum absolute atomic E-state index is 13.6. The molecule has 1 saturated heterocycles. The molecule has 1 fully saturated rings. The van der Waals surface area contributed by atoms with Crippen molar-refractivity contribution in [3.8, 4) is 0 Å². The highest BCUT2D eigenvalue weighted by Gasteiger charge is 2.31. The molecule has 2 amide bonds. The van der Waals surface area contributed by atoms with E-state index in [0.717, 1.165) is 31.6 Å². The van der Waals surface area contributed by atoms with Crippen LogP contribution in [0, 0.1) is 0 Å². The Balaban J connectivity index is 1.35. The minimum absolute atomic E-state index is 0.0153. The number of fused-ring (bicyclic) bond motifs is 1. The Morgan fingerprint density at radius 2 is 1.53 bits per heavy atom. The van der Waals surface area contributed by atoms with Crippen LogP contribution in [0.4, 0.5) is 11.4 Å². The van der Waals surface area contributed by atoms with Gasteiger partial charge in [-0.3, -0.25) is 14.5 Å². The first-order valence-electron chi connectivity index (χ1n) is 11.9. The maximum Gasteiger partial charge on any atom is 0.258 e. The molecule has 2 aliphatic rings. The van der Waals surface area contributed by atoms with Gasteiger partial charge in [0.1, 0.15) is 0 Å². The zero-order valence-corrected chi connectivity index (χ0v) is 19.8. The van der Waals surface area contributed by atoms with E-state index in [1.54, 1.807) is 48.5 Å². The molecule has 2 aliphatic heterocycles. The molecule has 3 aromatic rings. The van der Waals surface area contributed by atoms with Crippen molar-refractivity contribution in [1.29, 1.82) is 0 Å². The smallest absolute Gasteiger partial charge is 0.258 e. The second kappa shape index (κ2) is 10.00. The normalized spacial score (nSPS) is 18.3. The number of likely N-dealkylation sites (tertiary alicyclic amines) is 1. The highest BCUT2D eigenvalue weighted by atomic mass is 35.5. The van der Waals surface area contributed by atoms with Gasteiger partial charge in [0.2, 0.25) is 0 Å². The number of benzene rings is 3. The van der Waals surface area contributed by atoms with E-state index < -0.39 is 0 Å². The fraction of sp³-hybridized carbons (Fsp3) is 0.286. The van der Waals surface area contributed by atoms with Crippen LogP contribution >= 0.6 is 11.6 Å². The van der Waals surface area contributed by atoms with E-state index >= 15 is 0 Å². The van der Waals surface area contributed by atoms with E-state index in [2.05, 4.69) is 28.4 Å². The lowest BCUT2D eigenvalue weighted by molar-refractivity contribution is 0.0985. The molecule has 0 saturated carbocycles. The summed E-state index contributed by atoms with van der Waals surface area (Å²) in [6.07, 6.45) is 4.53. The number of para-hydroxylation sites is 1. The number of hydrogen-bond acceptors (Lipinski definition) is 3. The van der Waals surface area contributed by atoms with Crippen molar-refractivity contribution in [1.82, 2.24) is 4.90 Å². The molecule has 1 N–H and O–H groups in total. The predicted molar refractivity (Wildman–Crippen MR) is 137 cm³/mol. The highest BCUT2D eigenvalue weighted by Crippen LogP contribution is 2.38. The van der Waals surface area contributed by atoms with Gasteiger partial charge in [0.05, 0.1) is 10.6 Å². The van der Waals surface area contributed by atoms with Crippen molar-refractivity contribution >= 4 is 34.8 Å². The number of nitrogens with zero attached hydrogens (tertiary/aromatic N) is 2. The number of carbonyl (C=O) groups excluding carboxylic acids is 2. The third-order valence-electron chi connectivity index (χ3n) is 6.78. The number of amides is 2. The standard InChI is InChI=1S/C28H28ClN3O2/c29-24-10-3-1-8-22(24)27(33)30-21-15-13-20(14-16-21)28(34)32-19-7-12-25(31-17-5-6-18-31)23-9-2-4-11-26(23)32/h1-4,8-11,13-16,25H,5-7,12,17-19H2,(H,30,33). The van der Waals surface area contributed by atoms with Gasteiger partial charge in [-0.15, -0.1) is 0 Å². The number of carbonyl (C=O) groups is 2. The minimum Gasteiger partial charge on any atom is -0.322 e. The zero-order chi connectivity index (χ0) is 23.5. The van der Waals surface area contributed by atoms with E-state index in [0.29, 0.717) is 34.4 Å². The second-order valence-electron chi connectivity index (χ2n) is 8.93. The summed E-state index contributed by atoms with van der Waals surface area (Å²) in [7, 11) is 0. The molecule has 174 valence electrons. The summed E-state index contributed by atoms with van der Waals surface area (Å²) >= 11 is 6.13. The average Bonchev–Trinajstić information content (AvgIpc) is 3.32. The third kappa shape index (κ3) is 4.59. The van der Waals surface area contributed by atoms with Gasteiger partial charge in [-0.05, 0) is 86.8 Å². The lowest BCUT2D eigenvalue weighted by Gasteiger charge is -2.29. The molecule has 5 nitrogen and oxygen atoms in total. The molecule has 0 radical (unpaired) electrons. The molecule has 6 heteroatoms. The van der Waals surface area contributed by atoms with E-state index in [4.69, 9.17) is 11.6 Å². The predicted octanol–water partition coefficient (Wildman–Crippen LogP) is 6.17. The zero-order valence-electron chi connectivity index (χ0n) is 19.0. The van der Waals surface area contributed by atoms with Crippen molar-refractivity contribution in [2.75, 3.05) is 29.9 Å². The molecule has 1 atom stereocenters. The van der Waals surface area contributed by atoms with E-state index in [1.165, 1.54) is 18.4 Å². The molecular formula is C28H28ClN3O2. The van der Waals surface area contributed by atoms with Gasteiger partial charge >= 0.3 is 0 Å². The Labute approximate surface area is 205 Å². The van der Waals surface area contributed by atoms with Crippen LogP contribution in [0.3, 0.4) is 0 Å². The quantitative estimate of drug-likeness (QED) is 0.493. The first-order chi connectivity index (χ1) is 16.6. The lowest BCUT2D eigenvalue weighted by atomic mass is 10.00. The van der Waals surface area contributed by atoms with Crippen molar-refractivity contribution in [3.05, 3.63) is 94.5 Å². The summed E-state index contributed by atoms with van der Waals surface area (Å²) in [5, 5.41) is 3.26. The summed E-state index contributed by atoms with van der Waals surface area (Å²) in [6, 6.07) is 22.7. The largest absolute Gasteiger partial charge is 0.322 e. The third-order valence-corrected chi connectivity index (χ3v) is 7.11. The van der Waals surface area contributed by atoms with Gasteiger partial charge in [0, 0.05) is 29.5 Å². The second-order valence-corrected chi connectivity index (χ2v) is 9.34. The van der Waals surface area contributed by atoms with Crippen LogP contribution in [0.5, 0.6) is 0 Å². The molecule has 0 aromatic heterocycles. The van der Waals surface area contributed by atoms with Crippen LogP contribution in [-0.2, 0) is 0 Å². The highest BCUT2D eigenvalue weighted by molar-refractivity contribution is 6.34. The van der Waals surface area contributed by atoms with Gasteiger partial charge in [-0.2, -0.15) is 0 Å². The monoisotopic (exact) mass is 473 g/mol. The topological polar surface area (TPSA) is 52.7 Å². The van der Waals surface area contributed by atoms with Gasteiger partial charge in [0.15, 0.2) is 0 Å². The molecule has 2 heterocycles. The van der Waals surface area contributed by atoms with Crippen LogP contribution in [0.15, 0.2) is 72.8 Å². The minimum atomic E-state index is -0.279. The van der Waals surface area contributed by atoms with E-state index in [-0.39, 0.29) is 11.8 Å². The van der Waals surface area contributed by atoms with E-state index in [9.17, 15) is 9.59 Å². The molecule has 34 heavy (non-hydrogen) atoms. The number of rotatable bonds is 4. The number of halogens is 1. The summed E-state index contributed by atoms with van der Waals surface area (Å²) in [4.78, 5) is 30.6. The molecule has 0 bridgehead atoms. The SMILES string of the molecule is O=C(Nc1ccc(C(=O)N2CCCC(N3CCCC3)c3ccccc32)cc1)c1ccccc1Cl. The van der Waals surface area contributed by atoms with Gasteiger partial charge in [0.25, 0.3) is 11.8 Å². The van der Waals surface area contributed by atoms with Crippen molar-refractivity contribution in [2.24, 2.45) is 0 Å². The van der Waals surface area contributed by atoms with Crippen LogP contribution in [0.25, 0.3) is 0 Å². The number of hydrogen-bond donors (Lipinski definition) is 1. The first kappa shape index (κ1) is 22.6. The number of nitrogens with one attached hydrogen (secondary N) is 1. The molecule has 5 rings (SSSR count). The average molecular weight is 474 g/mol. The Hall–Kier alpha value is -3.15. The van der Waals surface area contributed by atoms with Gasteiger partial charge < -0.3 is 10.2 Å². The van der Waals surface area contributed by atoms with Crippen LogP contribution < -0.4 is 10.2 Å². The van der Waals surface area contributed by atoms with Gasteiger partial charge in [-0.1, -0.05) is 41.9 Å². The van der Waals surface area contributed by atoms with Crippen molar-refractivity contribution < 1.29 is 9.59 Å².